The summed E-state index contributed by atoms with van der Waals surface area (Å²) >= 11 is 0. The second-order valence-corrected chi connectivity index (χ2v) is 5.94. The van der Waals surface area contributed by atoms with Crippen molar-refractivity contribution in [2.24, 2.45) is 0 Å². The van der Waals surface area contributed by atoms with E-state index in [0.29, 0.717) is 11.6 Å². The first kappa shape index (κ1) is 16.7. The third-order valence-electron chi connectivity index (χ3n) is 4.03. The number of carbonyl (C=O) groups excluding carboxylic acids is 1. The van der Waals surface area contributed by atoms with Crippen LogP contribution in [0.4, 0.5) is 5.95 Å². The van der Waals surface area contributed by atoms with Crippen LogP contribution in [0.2, 0.25) is 0 Å². The highest BCUT2D eigenvalue weighted by Gasteiger charge is 2.19. The van der Waals surface area contributed by atoms with E-state index in [1.165, 1.54) is 12.8 Å². The number of nitrogens with zero attached hydrogens (tertiary/aromatic N) is 4. The molecule has 0 atom stereocenters. The highest BCUT2D eigenvalue weighted by atomic mass is 16.2. The van der Waals surface area contributed by atoms with Gasteiger partial charge in [0.1, 0.15) is 5.69 Å². The van der Waals surface area contributed by atoms with E-state index < -0.39 is 0 Å². The molecule has 0 saturated carbocycles. The first-order valence-electron chi connectivity index (χ1n) is 8.63. The van der Waals surface area contributed by atoms with Crippen molar-refractivity contribution in [1.29, 1.82) is 0 Å². The zero-order valence-corrected chi connectivity index (χ0v) is 13.9. The summed E-state index contributed by atoms with van der Waals surface area (Å²) in [5, 5.41) is 0. The number of rotatable bonds is 6. The zero-order valence-electron chi connectivity index (χ0n) is 13.9. The standard InChI is InChI=1S/C17H28N4O/c1-3-11-21(12-4-2)17-18-10-9-15(19-17)16(22)20-13-7-5-6-8-14-20/h9-10H,3-8,11-14H2,1-2H3. The van der Waals surface area contributed by atoms with Crippen molar-refractivity contribution in [3.8, 4) is 0 Å². The van der Waals surface area contributed by atoms with Crippen LogP contribution in [0.15, 0.2) is 12.3 Å². The lowest BCUT2D eigenvalue weighted by molar-refractivity contribution is 0.0755. The summed E-state index contributed by atoms with van der Waals surface area (Å²) in [6, 6.07) is 1.74. The summed E-state index contributed by atoms with van der Waals surface area (Å²) in [7, 11) is 0. The molecule has 122 valence electrons. The van der Waals surface area contributed by atoms with E-state index in [1.54, 1.807) is 12.3 Å². The van der Waals surface area contributed by atoms with Crippen molar-refractivity contribution in [3.63, 3.8) is 0 Å². The van der Waals surface area contributed by atoms with Gasteiger partial charge in [-0.25, -0.2) is 9.97 Å². The average molecular weight is 304 g/mol. The van der Waals surface area contributed by atoms with E-state index in [9.17, 15) is 4.79 Å². The van der Waals surface area contributed by atoms with Crippen molar-refractivity contribution >= 4 is 11.9 Å². The molecule has 0 spiro atoms. The molecule has 1 aliphatic heterocycles. The minimum absolute atomic E-state index is 0.0542. The smallest absolute Gasteiger partial charge is 0.272 e. The lowest BCUT2D eigenvalue weighted by Crippen LogP contribution is -2.33. The first-order chi connectivity index (χ1) is 10.8. The molecule has 0 bridgehead atoms. The minimum Gasteiger partial charge on any atom is -0.341 e. The van der Waals surface area contributed by atoms with E-state index in [1.807, 2.05) is 4.90 Å². The van der Waals surface area contributed by atoms with Crippen molar-refractivity contribution < 1.29 is 4.79 Å². The van der Waals surface area contributed by atoms with E-state index in [2.05, 4.69) is 28.7 Å². The second-order valence-electron chi connectivity index (χ2n) is 5.94. The molecule has 0 aromatic carbocycles. The Balaban J connectivity index is 2.13. The van der Waals surface area contributed by atoms with Crippen LogP contribution in [-0.2, 0) is 0 Å². The Labute approximate surface area is 133 Å². The largest absolute Gasteiger partial charge is 0.341 e. The van der Waals surface area contributed by atoms with Crippen LogP contribution < -0.4 is 4.90 Å². The minimum atomic E-state index is 0.0542. The number of aromatic nitrogens is 2. The molecule has 0 radical (unpaired) electrons. The van der Waals surface area contributed by atoms with Crippen LogP contribution >= 0.6 is 0 Å². The lowest BCUT2D eigenvalue weighted by atomic mass is 10.2. The second kappa shape index (κ2) is 8.71. The Hall–Kier alpha value is -1.65. The number of hydrogen-bond acceptors (Lipinski definition) is 4. The highest BCUT2D eigenvalue weighted by Crippen LogP contribution is 2.14. The predicted molar refractivity (Wildman–Crippen MR) is 89.2 cm³/mol. The molecule has 0 aliphatic carbocycles. The molecule has 5 nitrogen and oxygen atoms in total. The van der Waals surface area contributed by atoms with Gasteiger partial charge in [-0.05, 0) is 31.7 Å². The molecule has 22 heavy (non-hydrogen) atoms. The van der Waals surface area contributed by atoms with Crippen LogP contribution in [-0.4, -0.2) is 47.0 Å². The maximum atomic E-state index is 12.7. The molecule has 1 saturated heterocycles. The molecule has 2 heterocycles. The van der Waals surface area contributed by atoms with Gasteiger partial charge >= 0.3 is 0 Å². The molecule has 1 amide bonds. The third kappa shape index (κ3) is 4.42. The predicted octanol–water partition coefficient (Wildman–Crippen LogP) is 3.12. The van der Waals surface area contributed by atoms with Crippen molar-refractivity contribution in [2.75, 3.05) is 31.1 Å². The fourth-order valence-corrected chi connectivity index (χ4v) is 2.91. The molecule has 1 aromatic heterocycles. The van der Waals surface area contributed by atoms with Crippen LogP contribution in [0.1, 0.15) is 62.9 Å². The third-order valence-corrected chi connectivity index (χ3v) is 4.03. The molecular weight excluding hydrogens is 276 g/mol. The van der Waals surface area contributed by atoms with Crippen molar-refractivity contribution in [2.45, 2.75) is 52.4 Å². The first-order valence-corrected chi connectivity index (χ1v) is 8.63. The van der Waals surface area contributed by atoms with Gasteiger partial charge in [0.15, 0.2) is 0 Å². The number of carbonyl (C=O) groups is 1. The quantitative estimate of drug-likeness (QED) is 0.810. The Kier molecular flexibility index (Phi) is 6.62. The van der Waals surface area contributed by atoms with Gasteiger partial charge in [-0.15, -0.1) is 0 Å². The maximum absolute atomic E-state index is 12.7. The summed E-state index contributed by atoms with van der Waals surface area (Å²) in [5.74, 6) is 0.739. The molecule has 1 aliphatic rings. The Morgan fingerprint density at radius 3 is 2.36 bits per heavy atom. The van der Waals surface area contributed by atoms with Crippen LogP contribution in [0.3, 0.4) is 0 Å². The topological polar surface area (TPSA) is 49.3 Å². The zero-order chi connectivity index (χ0) is 15.8. The van der Waals surface area contributed by atoms with E-state index in [-0.39, 0.29) is 5.91 Å². The number of likely N-dealkylation sites (tertiary alicyclic amines) is 1. The van der Waals surface area contributed by atoms with Crippen LogP contribution in [0, 0.1) is 0 Å². The van der Waals surface area contributed by atoms with Crippen molar-refractivity contribution in [1.82, 2.24) is 14.9 Å². The summed E-state index contributed by atoms with van der Waals surface area (Å²) in [5.41, 5.74) is 0.532. The summed E-state index contributed by atoms with van der Waals surface area (Å²) in [4.78, 5) is 25.7. The van der Waals surface area contributed by atoms with Crippen LogP contribution in [0.5, 0.6) is 0 Å². The summed E-state index contributed by atoms with van der Waals surface area (Å²) < 4.78 is 0. The van der Waals surface area contributed by atoms with E-state index in [0.717, 1.165) is 51.9 Å². The van der Waals surface area contributed by atoms with Gasteiger partial charge in [-0.1, -0.05) is 26.7 Å². The number of anilines is 1. The van der Waals surface area contributed by atoms with Gasteiger partial charge in [0.25, 0.3) is 5.91 Å². The maximum Gasteiger partial charge on any atom is 0.272 e. The molecule has 0 N–H and O–H groups in total. The molecule has 5 heteroatoms. The van der Waals surface area contributed by atoms with E-state index >= 15 is 0 Å². The van der Waals surface area contributed by atoms with Gasteiger partial charge in [-0.2, -0.15) is 0 Å². The Bertz CT molecular complexity index is 463. The fraction of sp³-hybridized carbons (Fsp3) is 0.706. The molecule has 1 fully saturated rings. The van der Waals surface area contributed by atoms with Crippen molar-refractivity contribution in [3.05, 3.63) is 18.0 Å². The van der Waals surface area contributed by atoms with Gasteiger partial charge in [0.2, 0.25) is 5.95 Å². The summed E-state index contributed by atoms with van der Waals surface area (Å²) in [6.45, 7) is 7.85. The van der Waals surface area contributed by atoms with Gasteiger partial charge in [-0.3, -0.25) is 4.79 Å². The lowest BCUT2D eigenvalue weighted by Gasteiger charge is -2.23. The number of amides is 1. The molecule has 1 aromatic rings. The normalized spacial score (nSPS) is 15.5. The fourth-order valence-electron chi connectivity index (χ4n) is 2.91. The van der Waals surface area contributed by atoms with Crippen LogP contribution in [0.25, 0.3) is 0 Å². The van der Waals surface area contributed by atoms with Gasteiger partial charge in [0, 0.05) is 32.4 Å². The summed E-state index contributed by atoms with van der Waals surface area (Å²) in [6.07, 6.45) is 8.45. The Morgan fingerprint density at radius 2 is 1.77 bits per heavy atom. The molecule has 0 unspecified atom stereocenters. The molecular formula is C17H28N4O. The van der Waals surface area contributed by atoms with Gasteiger partial charge < -0.3 is 9.80 Å². The van der Waals surface area contributed by atoms with Gasteiger partial charge in [0.05, 0.1) is 0 Å². The SMILES string of the molecule is CCCN(CCC)c1nccc(C(=O)N2CCCCCC2)n1. The highest BCUT2D eigenvalue weighted by molar-refractivity contribution is 5.92. The monoisotopic (exact) mass is 304 g/mol. The average Bonchev–Trinajstić information content (AvgIpc) is 2.83. The Morgan fingerprint density at radius 1 is 1.14 bits per heavy atom. The van der Waals surface area contributed by atoms with E-state index in [4.69, 9.17) is 0 Å². The number of hydrogen-bond donors (Lipinski definition) is 0. The molecule has 2 rings (SSSR count).